The van der Waals surface area contributed by atoms with Crippen molar-refractivity contribution in [2.45, 2.75) is 12.5 Å². The molecule has 94 valence electrons. The number of carbonyl (C=O) groups is 1. The molecule has 1 aliphatic heterocycles. The number of hydrogen-bond acceptors (Lipinski definition) is 4. The lowest BCUT2D eigenvalue weighted by Gasteiger charge is -2.28. The number of carbonyl (C=O) groups excluding carboxylic acids is 1. The van der Waals surface area contributed by atoms with Crippen LogP contribution < -0.4 is 0 Å². The van der Waals surface area contributed by atoms with Crippen LogP contribution in [-0.4, -0.2) is 68.0 Å². The standard InChI is InChI=1S/C9H15F2NO4/c10-8(11)5-12(1-2-13)9(14)7-6-15-3-4-16-7/h7-8,13H,1-6H2. The third-order valence-electron chi connectivity index (χ3n) is 2.13. The summed E-state index contributed by atoms with van der Waals surface area (Å²) in [5.74, 6) is -0.561. The molecule has 1 amide bonds. The molecular formula is C9H15F2NO4. The Morgan fingerprint density at radius 3 is 2.75 bits per heavy atom. The Bertz CT molecular complexity index is 222. The summed E-state index contributed by atoms with van der Waals surface area (Å²) in [5, 5.41) is 8.69. The van der Waals surface area contributed by atoms with Crippen LogP contribution in [0.15, 0.2) is 0 Å². The van der Waals surface area contributed by atoms with Gasteiger partial charge >= 0.3 is 0 Å². The van der Waals surface area contributed by atoms with Crippen LogP contribution in [0.4, 0.5) is 8.78 Å². The normalized spacial score (nSPS) is 21.1. The SMILES string of the molecule is O=C(C1COCCO1)N(CCO)CC(F)F. The average molecular weight is 239 g/mol. The second-order valence-electron chi connectivity index (χ2n) is 3.33. The summed E-state index contributed by atoms with van der Waals surface area (Å²) in [7, 11) is 0. The van der Waals surface area contributed by atoms with E-state index in [0.717, 1.165) is 4.90 Å². The molecule has 0 radical (unpaired) electrons. The summed E-state index contributed by atoms with van der Waals surface area (Å²) >= 11 is 0. The zero-order valence-electron chi connectivity index (χ0n) is 8.77. The van der Waals surface area contributed by atoms with E-state index in [1.54, 1.807) is 0 Å². The number of ether oxygens (including phenoxy) is 2. The summed E-state index contributed by atoms with van der Waals surface area (Å²) in [5.41, 5.74) is 0. The average Bonchev–Trinajstić information content (AvgIpc) is 2.28. The fourth-order valence-corrected chi connectivity index (χ4v) is 1.41. The number of aliphatic hydroxyl groups excluding tert-OH is 1. The molecule has 0 aliphatic carbocycles. The summed E-state index contributed by atoms with van der Waals surface area (Å²) in [4.78, 5) is 12.6. The molecule has 0 aromatic carbocycles. The van der Waals surface area contributed by atoms with Gasteiger partial charge in [-0.25, -0.2) is 8.78 Å². The molecule has 5 nitrogen and oxygen atoms in total. The van der Waals surface area contributed by atoms with Crippen LogP contribution in [0.2, 0.25) is 0 Å². The van der Waals surface area contributed by atoms with E-state index in [9.17, 15) is 13.6 Å². The zero-order chi connectivity index (χ0) is 12.0. The quantitative estimate of drug-likeness (QED) is 0.702. The fourth-order valence-electron chi connectivity index (χ4n) is 1.41. The number of amides is 1. The van der Waals surface area contributed by atoms with Crippen LogP contribution in [0.5, 0.6) is 0 Å². The highest BCUT2D eigenvalue weighted by atomic mass is 19.3. The third-order valence-corrected chi connectivity index (χ3v) is 2.13. The van der Waals surface area contributed by atoms with Gasteiger partial charge in [0.05, 0.1) is 33.0 Å². The van der Waals surface area contributed by atoms with Gasteiger partial charge in [0.25, 0.3) is 12.3 Å². The molecule has 0 aromatic rings. The molecule has 1 heterocycles. The Morgan fingerprint density at radius 1 is 1.50 bits per heavy atom. The second kappa shape index (κ2) is 6.72. The van der Waals surface area contributed by atoms with E-state index in [0.29, 0.717) is 6.61 Å². The molecule has 7 heteroatoms. The van der Waals surface area contributed by atoms with E-state index in [2.05, 4.69) is 0 Å². The Kier molecular flexibility index (Phi) is 5.58. The van der Waals surface area contributed by atoms with E-state index in [1.807, 2.05) is 0 Å². The minimum atomic E-state index is -2.62. The number of hydrogen-bond donors (Lipinski definition) is 1. The molecule has 0 aromatic heterocycles. The lowest BCUT2D eigenvalue weighted by Crippen LogP contribution is -2.47. The molecule has 1 saturated heterocycles. The maximum absolute atomic E-state index is 12.2. The number of nitrogens with zero attached hydrogens (tertiary/aromatic N) is 1. The molecular weight excluding hydrogens is 224 g/mol. The minimum Gasteiger partial charge on any atom is -0.395 e. The van der Waals surface area contributed by atoms with Gasteiger partial charge in [-0.1, -0.05) is 0 Å². The lowest BCUT2D eigenvalue weighted by atomic mass is 10.3. The third kappa shape index (κ3) is 3.99. The Labute approximate surface area is 91.9 Å². The van der Waals surface area contributed by atoms with Crippen molar-refractivity contribution >= 4 is 5.91 Å². The first-order chi connectivity index (χ1) is 7.65. The number of aliphatic hydroxyl groups is 1. The Hall–Kier alpha value is -0.790. The van der Waals surface area contributed by atoms with Crippen LogP contribution in [0.1, 0.15) is 0 Å². The van der Waals surface area contributed by atoms with Gasteiger partial charge < -0.3 is 19.5 Å². The van der Waals surface area contributed by atoms with Gasteiger partial charge in [0, 0.05) is 6.54 Å². The number of halogens is 2. The smallest absolute Gasteiger partial charge is 0.255 e. The van der Waals surface area contributed by atoms with Crippen LogP contribution >= 0.6 is 0 Å². The first-order valence-corrected chi connectivity index (χ1v) is 5.02. The first kappa shape index (κ1) is 13.3. The molecule has 0 saturated carbocycles. The molecule has 1 fully saturated rings. The van der Waals surface area contributed by atoms with Crippen LogP contribution in [-0.2, 0) is 14.3 Å². The Balaban J connectivity index is 2.50. The predicted molar refractivity (Wildman–Crippen MR) is 50.2 cm³/mol. The summed E-state index contributed by atoms with van der Waals surface area (Å²) < 4.78 is 34.5. The van der Waals surface area contributed by atoms with Crippen molar-refractivity contribution < 1.29 is 28.2 Å². The highest BCUT2D eigenvalue weighted by molar-refractivity contribution is 5.81. The summed E-state index contributed by atoms with van der Waals surface area (Å²) in [6, 6.07) is 0. The maximum atomic E-state index is 12.2. The predicted octanol–water partition coefficient (Wildman–Crippen LogP) is -0.512. The number of alkyl halides is 2. The van der Waals surface area contributed by atoms with E-state index in [4.69, 9.17) is 14.6 Å². The highest BCUT2D eigenvalue weighted by Crippen LogP contribution is 2.07. The molecule has 1 aliphatic rings. The van der Waals surface area contributed by atoms with Crippen molar-refractivity contribution in [1.29, 1.82) is 0 Å². The van der Waals surface area contributed by atoms with Crippen LogP contribution in [0.25, 0.3) is 0 Å². The topological polar surface area (TPSA) is 59.0 Å². The fraction of sp³-hybridized carbons (Fsp3) is 0.889. The van der Waals surface area contributed by atoms with Gasteiger partial charge in [0.1, 0.15) is 0 Å². The summed E-state index contributed by atoms with van der Waals surface area (Å²) in [6.45, 7) is -0.422. The van der Waals surface area contributed by atoms with E-state index in [-0.39, 0.29) is 26.4 Å². The van der Waals surface area contributed by atoms with Gasteiger partial charge in [-0.3, -0.25) is 4.79 Å². The van der Waals surface area contributed by atoms with E-state index in [1.165, 1.54) is 0 Å². The van der Waals surface area contributed by atoms with Crippen molar-refractivity contribution in [2.24, 2.45) is 0 Å². The van der Waals surface area contributed by atoms with Gasteiger partial charge in [-0.2, -0.15) is 0 Å². The Morgan fingerprint density at radius 2 is 2.25 bits per heavy atom. The van der Waals surface area contributed by atoms with E-state index < -0.39 is 25.0 Å². The highest BCUT2D eigenvalue weighted by Gasteiger charge is 2.28. The van der Waals surface area contributed by atoms with Crippen molar-refractivity contribution in [3.63, 3.8) is 0 Å². The van der Waals surface area contributed by atoms with Crippen LogP contribution in [0.3, 0.4) is 0 Å². The van der Waals surface area contributed by atoms with Crippen LogP contribution in [0, 0.1) is 0 Å². The van der Waals surface area contributed by atoms with Crippen molar-refractivity contribution in [2.75, 3.05) is 39.5 Å². The maximum Gasteiger partial charge on any atom is 0.255 e. The van der Waals surface area contributed by atoms with Crippen molar-refractivity contribution in [3.8, 4) is 0 Å². The molecule has 0 spiro atoms. The van der Waals surface area contributed by atoms with Crippen molar-refractivity contribution in [1.82, 2.24) is 4.90 Å². The first-order valence-electron chi connectivity index (χ1n) is 5.02. The monoisotopic (exact) mass is 239 g/mol. The molecule has 1 N–H and O–H groups in total. The largest absolute Gasteiger partial charge is 0.395 e. The van der Waals surface area contributed by atoms with E-state index >= 15 is 0 Å². The molecule has 1 atom stereocenters. The molecule has 16 heavy (non-hydrogen) atoms. The zero-order valence-corrected chi connectivity index (χ0v) is 8.77. The van der Waals surface area contributed by atoms with Gasteiger partial charge in [-0.15, -0.1) is 0 Å². The summed E-state index contributed by atoms with van der Waals surface area (Å²) in [6.07, 6.45) is -3.46. The second-order valence-corrected chi connectivity index (χ2v) is 3.33. The van der Waals surface area contributed by atoms with Crippen molar-refractivity contribution in [3.05, 3.63) is 0 Å². The molecule has 1 unspecified atom stereocenters. The minimum absolute atomic E-state index is 0.0734. The van der Waals surface area contributed by atoms with Gasteiger partial charge in [-0.05, 0) is 0 Å². The molecule has 0 bridgehead atoms. The lowest BCUT2D eigenvalue weighted by molar-refractivity contribution is -0.160. The number of rotatable bonds is 5. The van der Waals surface area contributed by atoms with Gasteiger partial charge in [0.2, 0.25) is 0 Å². The van der Waals surface area contributed by atoms with Gasteiger partial charge in [0.15, 0.2) is 6.10 Å². The molecule has 1 rings (SSSR count).